The lowest BCUT2D eigenvalue weighted by atomic mass is 10.2. The molecule has 0 spiro atoms. The Labute approximate surface area is 145 Å². The zero-order chi connectivity index (χ0) is 18.7. The van der Waals surface area contributed by atoms with E-state index in [0.29, 0.717) is 17.1 Å². The summed E-state index contributed by atoms with van der Waals surface area (Å²) >= 11 is 0. The number of aromatic hydroxyl groups is 1. The number of phenols is 1. The summed E-state index contributed by atoms with van der Waals surface area (Å²) in [7, 11) is 1.45. The maximum atomic E-state index is 10.6. The van der Waals surface area contributed by atoms with Crippen molar-refractivity contribution in [3.63, 3.8) is 0 Å². The van der Waals surface area contributed by atoms with Crippen LogP contribution in [0.2, 0.25) is 0 Å². The van der Waals surface area contributed by atoms with E-state index in [1.165, 1.54) is 19.3 Å². The molecule has 0 aliphatic heterocycles. The molecule has 2 rings (SSSR count). The van der Waals surface area contributed by atoms with Gasteiger partial charge in [-0.3, -0.25) is 0 Å². The fourth-order valence-electron chi connectivity index (χ4n) is 1.62. The summed E-state index contributed by atoms with van der Waals surface area (Å²) in [6.45, 7) is 3.28. The van der Waals surface area contributed by atoms with Gasteiger partial charge in [0.05, 0.1) is 7.11 Å². The van der Waals surface area contributed by atoms with E-state index in [2.05, 4.69) is 6.58 Å². The number of hydrogen-bond acceptors (Lipinski definition) is 5. The molecule has 6 nitrogen and oxygen atoms in total. The minimum absolute atomic E-state index is 0.0139. The highest BCUT2D eigenvalue weighted by molar-refractivity contribution is 5.85. The molecule has 2 N–H and O–H groups in total. The quantitative estimate of drug-likeness (QED) is 0.492. The summed E-state index contributed by atoms with van der Waals surface area (Å²) < 4.78 is 9.64. The molecule has 0 aliphatic carbocycles. The molecular weight excluding hydrogens is 324 g/mol. The number of carbonyl (C=O) groups is 2. The third-order valence-corrected chi connectivity index (χ3v) is 2.75. The number of carboxylic acid groups (broad SMARTS) is 1. The van der Waals surface area contributed by atoms with Crippen LogP contribution in [0.3, 0.4) is 0 Å². The molecule has 0 saturated carbocycles. The number of carboxylic acids is 1. The van der Waals surface area contributed by atoms with Crippen molar-refractivity contribution in [3.8, 4) is 17.2 Å². The maximum absolute atomic E-state index is 10.6. The predicted molar refractivity (Wildman–Crippen MR) is 93.6 cm³/mol. The molecule has 25 heavy (non-hydrogen) atoms. The lowest BCUT2D eigenvalue weighted by Crippen LogP contribution is -2.02. The fraction of sp³-hybridized carbons (Fsp3) is 0.0526. The van der Waals surface area contributed by atoms with Crippen molar-refractivity contribution in [3.05, 3.63) is 72.8 Å². The first-order valence-corrected chi connectivity index (χ1v) is 7.13. The average Bonchev–Trinajstić information content (AvgIpc) is 2.61. The topological polar surface area (TPSA) is 93.1 Å². The van der Waals surface area contributed by atoms with Crippen LogP contribution in [0.25, 0.3) is 6.08 Å². The van der Waals surface area contributed by atoms with Crippen molar-refractivity contribution in [2.75, 3.05) is 7.11 Å². The Morgan fingerprint density at radius 2 is 1.80 bits per heavy atom. The highest BCUT2D eigenvalue weighted by atomic mass is 16.5. The van der Waals surface area contributed by atoms with Crippen LogP contribution in [0.1, 0.15) is 5.56 Å². The molecule has 0 fully saturated rings. The Kier molecular flexibility index (Phi) is 8.02. The van der Waals surface area contributed by atoms with Crippen molar-refractivity contribution < 1.29 is 29.3 Å². The zero-order valence-electron chi connectivity index (χ0n) is 13.6. The van der Waals surface area contributed by atoms with Gasteiger partial charge in [-0.15, -0.1) is 0 Å². The number of carbonyl (C=O) groups excluding carboxylic acids is 1. The number of rotatable bonds is 5. The van der Waals surface area contributed by atoms with Crippen LogP contribution in [0.4, 0.5) is 0 Å². The second-order valence-corrected chi connectivity index (χ2v) is 4.54. The van der Waals surface area contributed by atoms with Crippen LogP contribution in [0.5, 0.6) is 17.2 Å². The fourth-order valence-corrected chi connectivity index (χ4v) is 1.62. The average molecular weight is 342 g/mol. The summed E-state index contributed by atoms with van der Waals surface area (Å²) in [5.41, 5.74) is 0.603. The van der Waals surface area contributed by atoms with Crippen LogP contribution in [-0.4, -0.2) is 29.3 Å². The summed E-state index contributed by atoms with van der Waals surface area (Å²) in [5, 5.41) is 17.7. The normalized spacial score (nSPS) is 9.64. The number of methoxy groups -OCH3 is 1. The number of hydrogen-bond donors (Lipinski definition) is 2. The predicted octanol–water partition coefficient (Wildman–Crippen LogP) is 3.28. The number of benzene rings is 2. The van der Waals surface area contributed by atoms with Gasteiger partial charge in [-0.25, -0.2) is 9.59 Å². The molecular formula is C19H18O6. The van der Waals surface area contributed by atoms with E-state index in [9.17, 15) is 14.7 Å². The van der Waals surface area contributed by atoms with Crippen molar-refractivity contribution in [2.45, 2.75) is 0 Å². The van der Waals surface area contributed by atoms with E-state index in [0.717, 1.165) is 12.2 Å². The molecule has 0 aliphatic rings. The van der Waals surface area contributed by atoms with Gasteiger partial charge < -0.3 is 19.7 Å². The molecule has 0 saturated heterocycles. The van der Waals surface area contributed by atoms with E-state index in [4.69, 9.17) is 14.6 Å². The molecule has 130 valence electrons. The Morgan fingerprint density at radius 3 is 2.32 bits per heavy atom. The van der Waals surface area contributed by atoms with Crippen LogP contribution in [0.15, 0.2) is 67.3 Å². The van der Waals surface area contributed by atoms with Gasteiger partial charge in [-0.2, -0.15) is 0 Å². The van der Waals surface area contributed by atoms with E-state index in [1.807, 2.05) is 6.07 Å². The smallest absolute Gasteiger partial charge is 0.335 e. The largest absolute Gasteiger partial charge is 0.504 e. The van der Waals surface area contributed by atoms with Crippen molar-refractivity contribution >= 4 is 18.0 Å². The molecule has 0 atom stereocenters. The van der Waals surface area contributed by atoms with Crippen LogP contribution in [-0.2, 0) is 9.59 Å². The van der Waals surface area contributed by atoms with Crippen LogP contribution >= 0.6 is 0 Å². The molecule has 6 heteroatoms. The molecule has 0 unspecified atom stereocenters. The number of ether oxygens (including phenoxy) is 2. The minimum Gasteiger partial charge on any atom is -0.504 e. The zero-order valence-corrected chi connectivity index (χ0v) is 13.6. The lowest BCUT2D eigenvalue weighted by Gasteiger charge is -2.02. The van der Waals surface area contributed by atoms with Gasteiger partial charge in [0, 0.05) is 12.2 Å². The third kappa shape index (κ3) is 7.51. The standard InChI is InChI=1S/C10H10O4.C9H8O2/c1-14-9-4-2-7(6-8(9)11)3-5-10(12)13;1-2-9(10)11-8-6-4-3-5-7-8/h2-6,11H,1H3,(H,12,13);2-7H,1H2. The molecule has 0 aromatic heterocycles. The van der Waals surface area contributed by atoms with Crippen molar-refractivity contribution in [2.24, 2.45) is 0 Å². The van der Waals surface area contributed by atoms with Crippen LogP contribution < -0.4 is 9.47 Å². The SMILES string of the molecule is C=CC(=O)Oc1ccccc1.COc1ccc(C=CC(=O)O)cc1O. The van der Waals surface area contributed by atoms with E-state index >= 15 is 0 Å². The van der Waals surface area contributed by atoms with E-state index < -0.39 is 11.9 Å². The summed E-state index contributed by atoms with van der Waals surface area (Å²) in [5.74, 6) is -0.577. The Bertz CT molecular complexity index is 750. The number of phenolic OH excluding ortho intramolecular Hbond substituents is 1. The third-order valence-electron chi connectivity index (χ3n) is 2.75. The second kappa shape index (κ2) is 10.3. The Morgan fingerprint density at radius 1 is 1.12 bits per heavy atom. The molecule has 0 radical (unpaired) electrons. The molecule has 2 aromatic carbocycles. The Hall–Kier alpha value is -3.54. The summed E-state index contributed by atoms with van der Waals surface area (Å²) in [6.07, 6.45) is 3.52. The highest BCUT2D eigenvalue weighted by Crippen LogP contribution is 2.26. The Balaban J connectivity index is 0.000000257. The first-order chi connectivity index (χ1) is 12.0. The summed E-state index contributed by atoms with van der Waals surface area (Å²) in [4.78, 5) is 20.8. The van der Waals surface area contributed by atoms with Crippen molar-refractivity contribution in [1.82, 2.24) is 0 Å². The van der Waals surface area contributed by atoms with E-state index in [1.54, 1.807) is 36.4 Å². The summed E-state index contributed by atoms with van der Waals surface area (Å²) in [6, 6.07) is 13.5. The van der Waals surface area contributed by atoms with Gasteiger partial charge in [0.25, 0.3) is 0 Å². The van der Waals surface area contributed by atoms with Crippen molar-refractivity contribution in [1.29, 1.82) is 0 Å². The highest BCUT2D eigenvalue weighted by Gasteiger charge is 2.00. The minimum atomic E-state index is -1.03. The first kappa shape index (κ1) is 19.5. The van der Waals surface area contributed by atoms with Gasteiger partial charge in [0.2, 0.25) is 0 Å². The number of para-hydroxylation sites is 1. The molecule has 0 heterocycles. The maximum Gasteiger partial charge on any atom is 0.335 e. The van der Waals surface area contributed by atoms with Gasteiger partial charge in [-0.05, 0) is 35.9 Å². The second-order valence-electron chi connectivity index (χ2n) is 4.54. The van der Waals surface area contributed by atoms with Gasteiger partial charge >= 0.3 is 11.9 Å². The van der Waals surface area contributed by atoms with E-state index in [-0.39, 0.29) is 5.75 Å². The molecule has 0 bridgehead atoms. The first-order valence-electron chi connectivity index (χ1n) is 7.13. The molecule has 0 amide bonds. The van der Waals surface area contributed by atoms with Gasteiger partial charge in [0.15, 0.2) is 11.5 Å². The molecule has 2 aromatic rings. The number of aliphatic carboxylic acids is 1. The lowest BCUT2D eigenvalue weighted by molar-refractivity contribution is -0.131. The monoisotopic (exact) mass is 342 g/mol. The number of esters is 1. The van der Waals surface area contributed by atoms with Crippen LogP contribution in [0, 0.1) is 0 Å². The van der Waals surface area contributed by atoms with Gasteiger partial charge in [0.1, 0.15) is 5.75 Å². The van der Waals surface area contributed by atoms with Gasteiger partial charge in [-0.1, -0.05) is 30.8 Å².